The van der Waals surface area contributed by atoms with Crippen LogP contribution in [0.2, 0.25) is 0 Å². The molecule has 0 aromatic heterocycles. The molecule has 4 nitrogen and oxygen atoms in total. The molecule has 1 N–H and O–H groups in total. The summed E-state index contributed by atoms with van der Waals surface area (Å²) in [6.07, 6.45) is 0. The number of hydrogen-bond acceptors (Lipinski definition) is 4. The number of rotatable bonds is 2. The Hall–Kier alpha value is -2.36. The van der Waals surface area contributed by atoms with E-state index in [1.165, 1.54) is 6.07 Å². The number of phenols is 1. The predicted molar refractivity (Wildman–Crippen MR) is 60.7 cm³/mol. The topological polar surface area (TPSA) is 47.9 Å². The van der Waals surface area contributed by atoms with Crippen LogP contribution in [0, 0.1) is 0 Å². The van der Waals surface area contributed by atoms with Crippen LogP contribution in [0.5, 0.6) is 28.7 Å². The maximum atomic E-state index is 9.78. The number of hydrogen-bond donors (Lipinski definition) is 1. The summed E-state index contributed by atoms with van der Waals surface area (Å²) in [5.74, 6) is 1.96. The van der Waals surface area contributed by atoms with E-state index in [0.717, 1.165) is 0 Å². The van der Waals surface area contributed by atoms with Crippen LogP contribution in [-0.4, -0.2) is 11.9 Å². The minimum atomic E-state index is 0.0260. The molecule has 2 aromatic carbocycles. The molecule has 0 atom stereocenters. The van der Waals surface area contributed by atoms with Crippen LogP contribution in [0.15, 0.2) is 42.5 Å². The third-order valence-corrected chi connectivity index (χ3v) is 2.44. The summed E-state index contributed by atoms with van der Waals surface area (Å²) in [4.78, 5) is 0. The van der Waals surface area contributed by atoms with Crippen molar-refractivity contribution in [3.05, 3.63) is 42.5 Å². The van der Waals surface area contributed by atoms with Gasteiger partial charge in [-0.3, -0.25) is 0 Å². The first kappa shape index (κ1) is 9.84. The Morgan fingerprint density at radius 2 is 1.82 bits per heavy atom. The van der Waals surface area contributed by atoms with Crippen LogP contribution >= 0.6 is 0 Å². The zero-order chi connectivity index (χ0) is 11.7. The molecule has 17 heavy (non-hydrogen) atoms. The van der Waals surface area contributed by atoms with E-state index >= 15 is 0 Å². The molecule has 2 aromatic rings. The lowest BCUT2D eigenvalue weighted by Crippen LogP contribution is -1.94. The summed E-state index contributed by atoms with van der Waals surface area (Å²) in [6, 6.07) is 12.4. The molecule has 1 aliphatic rings. The van der Waals surface area contributed by atoms with Crippen molar-refractivity contribution in [1.82, 2.24) is 0 Å². The maximum absolute atomic E-state index is 9.78. The van der Waals surface area contributed by atoms with Gasteiger partial charge in [0, 0.05) is 0 Å². The molecule has 0 saturated heterocycles. The second kappa shape index (κ2) is 3.90. The number of ether oxygens (including phenoxy) is 3. The van der Waals surface area contributed by atoms with Gasteiger partial charge in [0.05, 0.1) is 0 Å². The molecule has 4 heteroatoms. The van der Waals surface area contributed by atoms with E-state index < -0.39 is 0 Å². The second-order valence-corrected chi connectivity index (χ2v) is 3.56. The average molecular weight is 230 g/mol. The van der Waals surface area contributed by atoms with Crippen LogP contribution in [0.4, 0.5) is 0 Å². The fraction of sp³-hybridized carbons (Fsp3) is 0.0769. The Morgan fingerprint density at radius 3 is 2.65 bits per heavy atom. The lowest BCUT2D eigenvalue weighted by Gasteiger charge is -2.09. The van der Waals surface area contributed by atoms with E-state index in [-0.39, 0.29) is 18.3 Å². The fourth-order valence-electron chi connectivity index (χ4n) is 1.64. The molecule has 0 saturated carbocycles. The van der Waals surface area contributed by atoms with Crippen molar-refractivity contribution in [2.45, 2.75) is 0 Å². The average Bonchev–Trinajstić information content (AvgIpc) is 2.83. The Bertz CT molecular complexity index is 537. The standard InChI is InChI=1S/C13H10O4/c14-10-6-7-11-13(16-8-15-11)12(10)17-9-4-2-1-3-5-9/h1-7,14H,8H2. The minimum Gasteiger partial charge on any atom is -0.504 e. The monoisotopic (exact) mass is 230 g/mol. The Kier molecular flexibility index (Phi) is 2.26. The summed E-state index contributed by atoms with van der Waals surface area (Å²) < 4.78 is 16.1. The lowest BCUT2D eigenvalue weighted by atomic mass is 10.2. The zero-order valence-corrected chi connectivity index (χ0v) is 8.92. The van der Waals surface area contributed by atoms with Crippen molar-refractivity contribution in [2.24, 2.45) is 0 Å². The van der Waals surface area contributed by atoms with E-state index in [4.69, 9.17) is 14.2 Å². The number of phenolic OH excluding ortho intramolecular Hbond substituents is 1. The van der Waals surface area contributed by atoms with Crippen LogP contribution in [0.1, 0.15) is 0 Å². The van der Waals surface area contributed by atoms with Crippen molar-refractivity contribution < 1.29 is 19.3 Å². The van der Waals surface area contributed by atoms with Gasteiger partial charge in [-0.1, -0.05) is 18.2 Å². The van der Waals surface area contributed by atoms with Gasteiger partial charge in [-0.2, -0.15) is 0 Å². The molecule has 0 aliphatic carbocycles. The van der Waals surface area contributed by atoms with Gasteiger partial charge in [-0.05, 0) is 24.3 Å². The minimum absolute atomic E-state index is 0.0260. The van der Waals surface area contributed by atoms with Crippen LogP contribution in [-0.2, 0) is 0 Å². The normalized spacial score (nSPS) is 12.5. The van der Waals surface area contributed by atoms with Crippen molar-refractivity contribution in [3.8, 4) is 28.7 Å². The van der Waals surface area contributed by atoms with Gasteiger partial charge in [0.1, 0.15) is 5.75 Å². The van der Waals surface area contributed by atoms with Crippen molar-refractivity contribution in [3.63, 3.8) is 0 Å². The van der Waals surface area contributed by atoms with Crippen molar-refractivity contribution >= 4 is 0 Å². The van der Waals surface area contributed by atoms with Gasteiger partial charge in [0.2, 0.25) is 18.3 Å². The molecule has 0 radical (unpaired) electrons. The Morgan fingerprint density at radius 1 is 1.00 bits per heavy atom. The fourth-order valence-corrected chi connectivity index (χ4v) is 1.64. The predicted octanol–water partition coefficient (Wildman–Crippen LogP) is 2.91. The van der Waals surface area contributed by atoms with Crippen molar-refractivity contribution in [2.75, 3.05) is 6.79 Å². The molecule has 0 bridgehead atoms. The largest absolute Gasteiger partial charge is 0.504 e. The highest BCUT2D eigenvalue weighted by atomic mass is 16.7. The van der Waals surface area contributed by atoms with Gasteiger partial charge in [-0.25, -0.2) is 0 Å². The highest BCUT2D eigenvalue weighted by Crippen LogP contribution is 2.47. The summed E-state index contributed by atoms with van der Waals surface area (Å²) in [5.41, 5.74) is 0. The van der Waals surface area contributed by atoms with Gasteiger partial charge in [0.25, 0.3) is 0 Å². The molecule has 86 valence electrons. The first-order valence-corrected chi connectivity index (χ1v) is 5.19. The van der Waals surface area contributed by atoms with Crippen LogP contribution in [0.3, 0.4) is 0 Å². The number of benzene rings is 2. The summed E-state index contributed by atoms with van der Waals surface area (Å²) >= 11 is 0. The van der Waals surface area contributed by atoms with E-state index in [1.807, 2.05) is 18.2 Å². The lowest BCUT2D eigenvalue weighted by molar-refractivity contribution is 0.171. The smallest absolute Gasteiger partial charge is 0.231 e. The van der Waals surface area contributed by atoms with Gasteiger partial charge in [0.15, 0.2) is 11.5 Å². The van der Waals surface area contributed by atoms with E-state index in [1.54, 1.807) is 18.2 Å². The molecule has 0 spiro atoms. The summed E-state index contributed by atoms with van der Waals surface area (Å²) in [6.45, 7) is 0.143. The highest BCUT2D eigenvalue weighted by molar-refractivity contribution is 5.60. The number of aromatic hydroxyl groups is 1. The molecule has 0 unspecified atom stereocenters. The first-order valence-electron chi connectivity index (χ1n) is 5.19. The van der Waals surface area contributed by atoms with Gasteiger partial charge >= 0.3 is 0 Å². The first-order chi connectivity index (χ1) is 8.34. The third-order valence-electron chi connectivity index (χ3n) is 2.44. The zero-order valence-electron chi connectivity index (χ0n) is 8.92. The van der Waals surface area contributed by atoms with Crippen LogP contribution < -0.4 is 14.2 Å². The molecule has 3 rings (SSSR count). The molecule has 0 amide bonds. The maximum Gasteiger partial charge on any atom is 0.231 e. The molecule has 1 heterocycles. The summed E-state index contributed by atoms with van der Waals surface area (Å²) in [7, 11) is 0. The van der Waals surface area contributed by atoms with Gasteiger partial charge < -0.3 is 19.3 Å². The molecular weight excluding hydrogens is 220 g/mol. The van der Waals surface area contributed by atoms with E-state index in [9.17, 15) is 5.11 Å². The number of fused-ring (bicyclic) bond motifs is 1. The molecule has 1 aliphatic heterocycles. The molecule has 0 fully saturated rings. The van der Waals surface area contributed by atoms with Crippen molar-refractivity contribution in [1.29, 1.82) is 0 Å². The van der Waals surface area contributed by atoms with E-state index in [2.05, 4.69) is 0 Å². The highest BCUT2D eigenvalue weighted by Gasteiger charge is 2.22. The van der Waals surface area contributed by atoms with Gasteiger partial charge in [-0.15, -0.1) is 0 Å². The van der Waals surface area contributed by atoms with E-state index in [0.29, 0.717) is 17.2 Å². The Labute approximate surface area is 98.0 Å². The van der Waals surface area contributed by atoms with Crippen LogP contribution in [0.25, 0.3) is 0 Å². The second-order valence-electron chi connectivity index (χ2n) is 3.56. The Balaban J connectivity index is 2.01. The summed E-state index contributed by atoms with van der Waals surface area (Å²) in [5, 5.41) is 9.78. The quantitative estimate of drug-likeness (QED) is 0.861. The SMILES string of the molecule is Oc1ccc2c(c1Oc1ccccc1)OCO2. The number of para-hydroxylation sites is 1. The molecular formula is C13H10O4. The third kappa shape index (κ3) is 1.73.